The van der Waals surface area contributed by atoms with Gasteiger partial charge in [-0.15, -0.1) is 0 Å². The molecule has 1 saturated heterocycles. The standard InChI is InChI=1S/C10H11NO3S/c12-10(8-4-2-1-3-5-8)11-6-9(7-11)15(13)14/h1-5,9H,6-7H2,(H,13,14). The lowest BCUT2D eigenvalue weighted by Crippen LogP contribution is -2.55. The molecule has 1 heterocycles. The maximum Gasteiger partial charge on any atom is 0.253 e. The molecule has 1 amide bonds. The largest absolute Gasteiger partial charge is 0.336 e. The molecule has 1 aromatic carbocycles. The fourth-order valence-corrected chi connectivity index (χ4v) is 2.11. The minimum absolute atomic E-state index is 0.0719. The van der Waals surface area contributed by atoms with Crippen LogP contribution < -0.4 is 0 Å². The van der Waals surface area contributed by atoms with Gasteiger partial charge in [0, 0.05) is 18.7 Å². The van der Waals surface area contributed by atoms with Crippen molar-refractivity contribution in [1.82, 2.24) is 4.90 Å². The molecule has 0 bridgehead atoms. The van der Waals surface area contributed by atoms with E-state index in [1.165, 1.54) is 0 Å². The van der Waals surface area contributed by atoms with Crippen molar-refractivity contribution in [2.75, 3.05) is 13.1 Å². The average molecular weight is 225 g/mol. The molecule has 5 heteroatoms. The fraction of sp³-hybridized carbons (Fsp3) is 0.300. The zero-order valence-electron chi connectivity index (χ0n) is 8.00. The average Bonchev–Trinajstić information content (AvgIpc) is 2.16. The lowest BCUT2D eigenvalue weighted by molar-refractivity contribution is 0.0658. The van der Waals surface area contributed by atoms with E-state index < -0.39 is 11.1 Å². The van der Waals surface area contributed by atoms with E-state index in [1.807, 2.05) is 6.07 Å². The van der Waals surface area contributed by atoms with E-state index in [0.717, 1.165) is 0 Å². The highest BCUT2D eigenvalue weighted by Gasteiger charge is 2.34. The molecule has 15 heavy (non-hydrogen) atoms. The maximum absolute atomic E-state index is 11.7. The lowest BCUT2D eigenvalue weighted by atomic mass is 10.1. The summed E-state index contributed by atoms with van der Waals surface area (Å²) in [5, 5.41) is -0.280. The second kappa shape index (κ2) is 4.12. The lowest BCUT2D eigenvalue weighted by Gasteiger charge is -2.36. The number of benzene rings is 1. The summed E-state index contributed by atoms with van der Waals surface area (Å²) in [5.41, 5.74) is 0.625. The van der Waals surface area contributed by atoms with Gasteiger partial charge >= 0.3 is 0 Å². The van der Waals surface area contributed by atoms with Crippen molar-refractivity contribution in [3.8, 4) is 0 Å². The highest BCUT2D eigenvalue weighted by molar-refractivity contribution is 7.80. The fourth-order valence-electron chi connectivity index (χ4n) is 1.49. The molecule has 1 N–H and O–H groups in total. The van der Waals surface area contributed by atoms with Gasteiger partial charge in [-0.3, -0.25) is 4.79 Å². The number of carbonyl (C=O) groups excluding carboxylic acids is 1. The van der Waals surface area contributed by atoms with Crippen LogP contribution in [0, 0.1) is 0 Å². The number of hydrogen-bond acceptors (Lipinski definition) is 2. The summed E-state index contributed by atoms with van der Waals surface area (Å²) in [6.07, 6.45) is 0. The Hall–Kier alpha value is -1.20. The van der Waals surface area contributed by atoms with Gasteiger partial charge in [-0.2, -0.15) is 0 Å². The highest BCUT2D eigenvalue weighted by atomic mass is 32.2. The molecule has 0 spiro atoms. The van der Waals surface area contributed by atoms with Crippen LogP contribution in [0.4, 0.5) is 0 Å². The Labute approximate surface area is 90.2 Å². The van der Waals surface area contributed by atoms with Crippen LogP contribution in [0.5, 0.6) is 0 Å². The number of amides is 1. The van der Waals surface area contributed by atoms with Crippen LogP contribution in [-0.2, 0) is 11.1 Å². The number of hydrogen-bond donors (Lipinski definition) is 1. The molecule has 1 atom stereocenters. The number of likely N-dealkylation sites (tertiary alicyclic amines) is 1. The molecule has 0 aliphatic carbocycles. The topological polar surface area (TPSA) is 57.6 Å². The smallest absolute Gasteiger partial charge is 0.253 e. The molecule has 1 aliphatic heterocycles. The third kappa shape index (κ3) is 2.08. The van der Waals surface area contributed by atoms with Crippen molar-refractivity contribution in [2.45, 2.75) is 5.25 Å². The first-order valence-electron chi connectivity index (χ1n) is 4.62. The monoisotopic (exact) mass is 225 g/mol. The van der Waals surface area contributed by atoms with Crippen LogP contribution in [-0.4, -0.2) is 37.9 Å². The normalized spacial score (nSPS) is 18.3. The van der Waals surface area contributed by atoms with Gasteiger partial charge in [0.2, 0.25) is 0 Å². The van der Waals surface area contributed by atoms with Crippen LogP contribution in [0.25, 0.3) is 0 Å². The van der Waals surface area contributed by atoms with Gasteiger partial charge in [0.1, 0.15) is 0 Å². The molecule has 2 rings (SSSR count). The summed E-state index contributed by atoms with van der Waals surface area (Å²) in [6.45, 7) is 0.744. The quantitative estimate of drug-likeness (QED) is 0.755. The van der Waals surface area contributed by atoms with Crippen LogP contribution in [0.3, 0.4) is 0 Å². The zero-order chi connectivity index (χ0) is 10.8. The molecule has 80 valence electrons. The summed E-state index contributed by atoms with van der Waals surface area (Å²) in [4.78, 5) is 13.3. The van der Waals surface area contributed by atoms with Crippen molar-refractivity contribution >= 4 is 17.0 Å². The van der Waals surface area contributed by atoms with E-state index in [4.69, 9.17) is 4.55 Å². The Morgan fingerprint density at radius 2 is 1.93 bits per heavy atom. The van der Waals surface area contributed by atoms with Gasteiger partial charge in [0.25, 0.3) is 5.91 Å². The number of nitrogens with zero attached hydrogens (tertiary/aromatic N) is 1. The Bertz CT molecular complexity index is 387. The first kappa shape index (κ1) is 10.3. The molecule has 1 aromatic rings. The van der Waals surface area contributed by atoms with E-state index >= 15 is 0 Å². The summed E-state index contributed by atoms with van der Waals surface area (Å²) in [6, 6.07) is 8.93. The van der Waals surface area contributed by atoms with Crippen molar-refractivity contribution < 1.29 is 13.6 Å². The molecule has 4 nitrogen and oxygen atoms in total. The van der Waals surface area contributed by atoms with Gasteiger partial charge in [-0.25, -0.2) is 4.21 Å². The van der Waals surface area contributed by atoms with Crippen LogP contribution >= 0.6 is 0 Å². The Kier molecular flexibility index (Phi) is 2.83. The second-order valence-corrected chi connectivity index (χ2v) is 4.69. The van der Waals surface area contributed by atoms with Crippen molar-refractivity contribution in [3.63, 3.8) is 0 Å². The Morgan fingerprint density at radius 3 is 2.47 bits per heavy atom. The van der Waals surface area contributed by atoms with E-state index in [-0.39, 0.29) is 11.2 Å². The summed E-state index contributed by atoms with van der Waals surface area (Å²) in [7, 11) is 0. The molecule has 1 fully saturated rings. The molecule has 0 saturated carbocycles. The van der Waals surface area contributed by atoms with Crippen molar-refractivity contribution in [1.29, 1.82) is 0 Å². The Morgan fingerprint density at radius 1 is 1.33 bits per heavy atom. The molecule has 1 aliphatic rings. The van der Waals surface area contributed by atoms with Crippen molar-refractivity contribution in [3.05, 3.63) is 35.9 Å². The highest BCUT2D eigenvalue weighted by Crippen LogP contribution is 2.16. The van der Waals surface area contributed by atoms with E-state index in [9.17, 15) is 9.00 Å². The van der Waals surface area contributed by atoms with Crippen LogP contribution in [0.2, 0.25) is 0 Å². The van der Waals surface area contributed by atoms with Crippen LogP contribution in [0.15, 0.2) is 30.3 Å². The first-order chi connectivity index (χ1) is 7.18. The molecule has 1 unspecified atom stereocenters. The van der Waals surface area contributed by atoms with Crippen molar-refractivity contribution in [2.24, 2.45) is 0 Å². The third-order valence-corrected chi connectivity index (χ3v) is 3.31. The van der Waals surface area contributed by atoms with Gasteiger partial charge in [0.15, 0.2) is 11.1 Å². The van der Waals surface area contributed by atoms with Gasteiger partial charge in [-0.05, 0) is 12.1 Å². The van der Waals surface area contributed by atoms with Gasteiger partial charge in [-0.1, -0.05) is 18.2 Å². The predicted molar refractivity (Wildman–Crippen MR) is 56.9 cm³/mol. The van der Waals surface area contributed by atoms with Gasteiger partial charge < -0.3 is 9.45 Å². The number of rotatable bonds is 2. The second-order valence-electron chi connectivity index (χ2n) is 3.47. The minimum Gasteiger partial charge on any atom is -0.336 e. The minimum atomic E-state index is -1.81. The van der Waals surface area contributed by atoms with Gasteiger partial charge in [0.05, 0.1) is 5.25 Å². The first-order valence-corrected chi connectivity index (χ1v) is 5.79. The number of carbonyl (C=O) groups is 1. The zero-order valence-corrected chi connectivity index (χ0v) is 8.81. The molecule has 0 radical (unpaired) electrons. The maximum atomic E-state index is 11.7. The van der Waals surface area contributed by atoms with E-state index in [0.29, 0.717) is 18.7 Å². The summed E-state index contributed by atoms with van der Waals surface area (Å²) < 4.78 is 19.4. The summed E-state index contributed by atoms with van der Waals surface area (Å²) >= 11 is -1.81. The molecular weight excluding hydrogens is 214 g/mol. The van der Waals surface area contributed by atoms with Crippen LogP contribution in [0.1, 0.15) is 10.4 Å². The molecular formula is C10H11NO3S. The third-order valence-electron chi connectivity index (χ3n) is 2.44. The van der Waals surface area contributed by atoms with E-state index in [2.05, 4.69) is 0 Å². The predicted octanol–water partition coefficient (Wildman–Crippen LogP) is 0.733. The Balaban J connectivity index is 1.98. The van der Waals surface area contributed by atoms with E-state index in [1.54, 1.807) is 29.2 Å². The summed E-state index contributed by atoms with van der Waals surface area (Å²) in [5.74, 6) is -0.0719. The SMILES string of the molecule is O=C(c1ccccc1)N1CC(S(=O)O)C1. The molecule has 0 aromatic heterocycles.